The smallest absolute Gasteiger partial charge is 0.257 e. The molecule has 112 valence electrons. The van der Waals surface area contributed by atoms with Crippen molar-refractivity contribution in [2.24, 2.45) is 5.73 Å². The fourth-order valence-electron chi connectivity index (χ4n) is 2.87. The number of hydrogen-bond donors (Lipinski definition) is 1. The molecule has 2 rings (SSSR count). The average Bonchev–Trinajstić information content (AvgIpc) is 2.91. The zero-order valence-electron chi connectivity index (χ0n) is 12.5. The van der Waals surface area contributed by atoms with Crippen LogP contribution in [0, 0.1) is 6.92 Å². The van der Waals surface area contributed by atoms with Crippen LogP contribution < -0.4 is 5.73 Å². The van der Waals surface area contributed by atoms with Crippen LogP contribution >= 0.6 is 0 Å². The van der Waals surface area contributed by atoms with Gasteiger partial charge in [-0.2, -0.15) is 0 Å². The molecule has 1 unspecified atom stereocenters. The van der Waals surface area contributed by atoms with Gasteiger partial charge in [0.05, 0.1) is 5.56 Å². The van der Waals surface area contributed by atoms with Gasteiger partial charge >= 0.3 is 0 Å². The number of piperazine rings is 1. The van der Waals surface area contributed by atoms with Gasteiger partial charge in [-0.05, 0) is 32.4 Å². The summed E-state index contributed by atoms with van der Waals surface area (Å²) in [6.07, 6.45) is 3.70. The first-order valence-corrected chi connectivity index (χ1v) is 7.44. The van der Waals surface area contributed by atoms with Gasteiger partial charge in [-0.1, -0.05) is 6.92 Å². The molecule has 1 atom stereocenters. The molecule has 1 aliphatic heterocycles. The molecule has 1 fully saturated rings. The van der Waals surface area contributed by atoms with Crippen LogP contribution in [0.1, 0.15) is 35.9 Å². The molecule has 0 bridgehead atoms. The van der Waals surface area contributed by atoms with Crippen LogP contribution in [-0.2, 0) is 0 Å². The van der Waals surface area contributed by atoms with Crippen LogP contribution in [0.15, 0.2) is 16.7 Å². The van der Waals surface area contributed by atoms with Crippen molar-refractivity contribution < 1.29 is 9.21 Å². The number of rotatable bonds is 5. The molecule has 0 radical (unpaired) electrons. The summed E-state index contributed by atoms with van der Waals surface area (Å²) in [5, 5.41) is 0. The summed E-state index contributed by atoms with van der Waals surface area (Å²) in [6.45, 7) is 8.21. The summed E-state index contributed by atoms with van der Waals surface area (Å²) in [4.78, 5) is 16.7. The molecule has 5 heteroatoms. The Morgan fingerprint density at radius 1 is 1.40 bits per heavy atom. The molecule has 1 amide bonds. The lowest BCUT2D eigenvalue weighted by Gasteiger charge is -2.39. The highest BCUT2D eigenvalue weighted by atomic mass is 16.3. The number of carbonyl (C=O) groups is 1. The fraction of sp³-hybridized carbons (Fsp3) is 0.667. The monoisotopic (exact) mass is 279 g/mol. The largest absolute Gasteiger partial charge is 0.469 e. The summed E-state index contributed by atoms with van der Waals surface area (Å²) in [7, 11) is 0. The minimum atomic E-state index is 0.0772. The van der Waals surface area contributed by atoms with Crippen molar-refractivity contribution in [2.75, 3.05) is 32.7 Å². The molecule has 0 saturated carbocycles. The summed E-state index contributed by atoms with van der Waals surface area (Å²) >= 11 is 0. The van der Waals surface area contributed by atoms with Crippen LogP contribution in [0.2, 0.25) is 0 Å². The first-order valence-electron chi connectivity index (χ1n) is 7.44. The van der Waals surface area contributed by atoms with Gasteiger partial charge in [-0.15, -0.1) is 0 Å². The van der Waals surface area contributed by atoms with Gasteiger partial charge in [0.15, 0.2) is 0 Å². The zero-order chi connectivity index (χ0) is 14.5. The van der Waals surface area contributed by atoms with Crippen LogP contribution in [0.3, 0.4) is 0 Å². The third-order valence-corrected chi connectivity index (χ3v) is 4.07. The number of carbonyl (C=O) groups excluding carboxylic acids is 1. The molecule has 1 aromatic heterocycles. The lowest BCUT2D eigenvalue weighted by Crippen LogP contribution is -2.52. The summed E-state index contributed by atoms with van der Waals surface area (Å²) in [5.74, 6) is 0.856. The summed E-state index contributed by atoms with van der Waals surface area (Å²) in [6, 6.07) is 2.35. The standard InChI is InChI=1S/C15H25N3O2/c1-3-14(4-5-16)17-6-8-18(9-7-17)15(19)13-10-12(2)20-11-13/h10-11,14H,3-9,16H2,1-2H3. The van der Waals surface area contributed by atoms with Gasteiger partial charge in [0, 0.05) is 32.2 Å². The Morgan fingerprint density at radius 2 is 2.10 bits per heavy atom. The number of amides is 1. The van der Waals surface area contributed by atoms with Gasteiger partial charge in [0.2, 0.25) is 0 Å². The molecule has 1 aromatic rings. The molecule has 0 spiro atoms. The Balaban J connectivity index is 1.89. The number of nitrogens with two attached hydrogens (primary N) is 1. The lowest BCUT2D eigenvalue weighted by molar-refractivity contribution is 0.0556. The predicted octanol–water partition coefficient (Wildman–Crippen LogP) is 1.47. The molecule has 0 aliphatic carbocycles. The second-order valence-electron chi connectivity index (χ2n) is 5.41. The Kier molecular flexibility index (Phi) is 5.20. The SMILES string of the molecule is CCC(CCN)N1CCN(C(=O)c2coc(C)c2)CC1. The molecule has 20 heavy (non-hydrogen) atoms. The highest BCUT2D eigenvalue weighted by Gasteiger charge is 2.26. The van der Waals surface area contributed by atoms with E-state index >= 15 is 0 Å². The molecular formula is C15H25N3O2. The maximum absolute atomic E-state index is 12.3. The number of hydrogen-bond acceptors (Lipinski definition) is 4. The molecule has 0 aromatic carbocycles. The summed E-state index contributed by atoms with van der Waals surface area (Å²) in [5.41, 5.74) is 6.32. The topological polar surface area (TPSA) is 62.7 Å². The van der Waals surface area contributed by atoms with E-state index in [0.29, 0.717) is 11.6 Å². The number of aryl methyl sites for hydroxylation is 1. The van der Waals surface area contributed by atoms with E-state index in [9.17, 15) is 4.79 Å². The zero-order valence-corrected chi connectivity index (χ0v) is 12.5. The van der Waals surface area contributed by atoms with Crippen molar-refractivity contribution >= 4 is 5.91 Å². The van der Waals surface area contributed by atoms with Crippen LogP contribution in [0.25, 0.3) is 0 Å². The van der Waals surface area contributed by atoms with E-state index in [2.05, 4.69) is 11.8 Å². The lowest BCUT2D eigenvalue weighted by atomic mass is 10.1. The molecule has 1 aliphatic rings. The van der Waals surface area contributed by atoms with Crippen LogP contribution in [0.4, 0.5) is 0 Å². The van der Waals surface area contributed by atoms with E-state index in [1.165, 1.54) is 0 Å². The Hall–Kier alpha value is -1.33. The highest BCUT2D eigenvalue weighted by Crippen LogP contribution is 2.15. The maximum atomic E-state index is 12.3. The fourth-order valence-corrected chi connectivity index (χ4v) is 2.87. The number of furan rings is 1. The third kappa shape index (κ3) is 3.41. The van der Waals surface area contributed by atoms with E-state index < -0.39 is 0 Å². The second-order valence-corrected chi connectivity index (χ2v) is 5.41. The van der Waals surface area contributed by atoms with E-state index in [1.54, 1.807) is 12.3 Å². The first-order chi connectivity index (χ1) is 9.65. The van der Waals surface area contributed by atoms with Gasteiger partial charge < -0.3 is 15.1 Å². The van der Waals surface area contributed by atoms with E-state index in [-0.39, 0.29) is 5.91 Å². The van der Waals surface area contributed by atoms with Crippen molar-refractivity contribution in [1.82, 2.24) is 9.80 Å². The van der Waals surface area contributed by atoms with Crippen LogP contribution in [-0.4, -0.2) is 54.5 Å². The predicted molar refractivity (Wildman–Crippen MR) is 78.7 cm³/mol. The number of nitrogens with zero attached hydrogens (tertiary/aromatic N) is 2. The van der Waals surface area contributed by atoms with Crippen molar-refractivity contribution in [2.45, 2.75) is 32.7 Å². The summed E-state index contributed by atoms with van der Waals surface area (Å²) < 4.78 is 5.21. The Bertz CT molecular complexity index is 436. The molecule has 1 saturated heterocycles. The second kappa shape index (κ2) is 6.90. The van der Waals surface area contributed by atoms with Gasteiger partial charge in [-0.3, -0.25) is 9.69 Å². The quantitative estimate of drug-likeness (QED) is 0.886. The van der Waals surface area contributed by atoms with Gasteiger partial charge in [-0.25, -0.2) is 0 Å². The first kappa shape index (κ1) is 15.1. The van der Waals surface area contributed by atoms with Gasteiger partial charge in [0.25, 0.3) is 5.91 Å². The van der Waals surface area contributed by atoms with Crippen molar-refractivity contribution in [3.63, 3.8) is 0 Å². The van der Waals surface area contributed by atoms with E-state index in [4.69, 9.17) is 10.2 Å². The Morgan fingerprint density at radius 3 is 2.60 bits per heavy atom. The molecule has 5 nitrogen and oxygen atoms in total. The van der Waals surface area contributed by atoms with E-state index in [0.717, 1.165) is 51.3 Å². The molecule has 2 N–H and O–H groups in total. The third-order valence-electron chi connectivity index (χ3n) is 4.07. The van der Waals surface area contributed by atoms with Crippen molar-refractivity contribution in [3.05, 3.63) is 23.7 Å². The molecular weight excluding hydrogens is 254 g/mol. The van der Waals surface area contributed by atoms with Gasteiger partial charge in [0.1, 0.15) is 12.0 Å². The minimum absolute atomic E-state index is 0.0772. The minimum Gasteiger partial charge on any atom is -0.469 e. The van der Waals surface area contributed by atoms with Crippen LogP contribution in [0.5, 0.6) is 0 Å². The van der Waals surface area contributed by atoms with Crippen molar-refractivity contribution in [3.8, 4) is 0 Å². The average molecular weight is 279 g/mol. The molecule has 2 heterocycles. The highest BCUT2D eigenvalue weighted by molar-refractivity contribution is 5.94. The van der Waals surface area contributed by atoms with E-state index in [1.807, 2.05) is 11.8 Å². The maximum Gasteiger partial charge on any atom is 0.257 e. The Labute approximate surface area is 120 Å². The normalized spacial score (nSPS) is 18.2. The van der Waals surface area contributed by atoms with Crippen molar-refractivity contribution in [1.29, 1.82) is 0 Å².